The second-order valence-corrected chi connectivity index (χ2v) is 6.12. The van der Waals surface area contributed by atoms with Crippen LogP contribution < -0.4 is 5.73 Å². The van der Waals surface area contributed by atoms with Crippen LogP contribution in [-0.4, -0.2) is 23.5 Å². The van der Waals surface area contributed by atoms with Crippen molar-refractivity contribution in [1.29, 1.82) is 0 Å². The summed E-state index contributed by atoms with van der Waals surface area (Å²) in [7, 11) is 2.00. The Balaban J connectivity index is 2.39. The van der Waals surface area contributed by atoms with Crippen LogP contribution in [0, 0.1) is 11.2 Å². The molecule has 4 heteroatoms. The quantitative estimate of drug-likeness (QED) is 0.778. The molecule has 0 aliphatic carbocycles. The van der Waals surface area contributed by atoms with Crippen LogP contribution in [0.5, 0.6) is 0 Å². The minimum Gasteiger partial charge on any atom is -0.393 e. The van der Waals surface area contributed by atoms with Gasteiger partial charge in [-0.1, -0.05) is 44.3 Å². The second-order valence-electron chi connectivity index (χ2n) is 5.68. The van der Waals surface area contributed by atoms with Crippen LogP contribution in [0.2, 0.25) is 0 Å². The molecule has 0 radical (unpaired) electrons. The third-order valence-corrected chi connectivity index (χ3v) is 3.96. The molecule has 2 nitrogen and oxygen atoms in total. The van der Waals surface area contributed by atoms with Gasteiger partial charge in [-0.2, -0.15) is 0 Å². The van der Waals surface area contributed by atoms with Gasteiger partial charge in [0, 0.05) is 17.5 Å². The fourth-order valence-electron chi connectivity index (χ4n) is 1.91. The Kier molecular flexibility index (Phi) is 5.88. The molecule has 1 aromatic carbocycles. The summed E-state index contributed by atoms with van der Waals surface area (Å²) >= 11 is 5.05. The van der Waals surface area contributed by atoms with Crippen LogP contribution in [0.3, 0.4) is 0 Å². The van der Waals surface area contributed by atoms with Crippen molar-refractivity contribution in [3.8, 4) is 0 Å². The fraction of sp³-hybridized carbons (Fsp3) is 0.533. The highest BCUT2D eigenvalue weighted by Gasteiger charge is 2.20. The van der Waals surface area contributed by atoms with Crippen molar-refractivity contribution < 1.29 is 4.39 Å². The Hall–Kier alpha value is -1.00. The van der Waals surface area contributed by atoms with Crippen LogP contribution in [0.4, 0.5) is 4.39 Å². The molecular weight excluding hydrogens is 259 g/mol. The number of nitrogens with two attached hydrogens (primary N) is 1. The normalized spacial score (nSPS) is 11.8. The average Bonchev–Trinajstić information content (AvgIpc) is 2.31. The van der Waals surface area contributed by atoms with Gasteiger partial charge in [0.1, 0.15) is 5.82 Å². The minimum absolute atomic E-state index is 0.103. The Morgan fingerprint density at radius 2 is 2.00 bits per heavy atom. The van der Waals surface area contributed by atoms with Gasteiger partial charge < -0.3 is 10.6 Å². The number of benzene rings is 1. The van der Waals surface area contributed by atoms with Crippen LogP contribution >= 0.6 is 12.2 Å². The van der Waals surface area contributed by atoms with Gasteiger partial charge in [-0.3, -0.25) is 0 Å². The molecule has 0 saturated heterocycles. The third-order valence-electron chi connectivity index (χ3n) is 3.41. The maximum Gasteiger partial charge on any atom is 0.127 e. The maximum atomic E-state index is 13.5. The molecule has 1 rings (SSSR count). The summed E-state index contributed by atoms with van der Waals surface area (Å²) in [6, 6.07) is 6.90. The summed E-state index contributed by atoms with van der Waals surface area (Å²) in [4.78, 5) is 2.68. The molecule has 1 aromatic rings. The molecule has 0 aromatic heterocycles. The van der Waals surface area contributed by atoms with E-state index in [0.717, 1.165) is 24.9 Å². The SMILES string of the molecule is CN(CCCC(C)(C)C(N)=S)Cc1ccccc1F. The smallest absolute Gasteiger partial charge is 0.127 e. The molecule has 2 N–H and O–H groups in total. The lowest BCUT2D eigenvalue weighted by Crippen LogP contribution is -2.31. The molecule has 0 atom stereocenters. The zero-order chi connectivity index (χ0) is 14.5. The van der Waals surface area contributed by atoms with Crippen LogP contribution in [0.25, 0.3) is 0 Å². The molecule has 0 unspecified atom stereocenters. The van der Waals surface area contributed by atoms with Crippen LogP contribution in [0.1, 0.15) is 32.3 Å². The monoisotopic (exact) mass is 282 g/mol. The lowest BCUT2D eigenvalue weighted by Gasteiger charge is -2.24. The molecule has 0 aliphatic rings. The standard InChI is InChI=1S/C15H23FN2S/c1-15(2,14(17)19)9-6-10-18(3)11-12-7-4-5-8-13(12)16/h4-5,7-8H,6,9-11H2,1-3H3,(H2,17,19). The first-order valence-corrected chi connectivity index (χ1v) is 6.95. The molecule has 0 heterocycles. The van der Waals surface area contributed by atoms with Crippen LogP contribution in [0.15, 0.2) is 24.3 Å². The summed E-state index contributed by atoms with van der Waals surface area (Å²) in [5.41, 5.74) is 6.33. The molecule has 0 amide bonds. The zero-order valence-electron chi connectivity index (χ0n) is 11.9. The number of hydrogen-bond acceptors (Lipinski definition) is 2. The van der Waals surface area contributed by atoms with Crippen molar-refractivity contribution in [1.82, 2.24) is 4.90 Å². The maximum absolute atomic E-state index is 13.5. The van der Waals surface area contributed by atoms with Gasteiger partial charge in [0.15, 0.2) is 0 Å². The van der Waals surface area contributed by atoms with E-state index in [1.165, 1.54) is 6.07 Å². The Bertz CT molecular complexity index is 432. The number of nitrogens with zero attached hydrogens (tertiary/aromatic N) is 1. The topological polar surface area (TPSA) is 29.3 Å². The summed E-state index contributed by atoms with van der Waals surface area (Å²) in [6.45, 7) is 5.65. The highest BCUT2D eigenvalue weighted by Crippen LogP contribution is 2.22. The van der Waals surface area contributed by atoms with E-state index in [0.29, 0.717) is 11.5 Å². The summed E-state index contributed by atoms with van der Waals surface area (Å²) < 4.78 is 13.5. The molecule has 0 fully saturated rings. The minimum atomic E-state index is -0.141. The first-order valence-electron chi connectivity index (χ1n) is 6.55. The lowest BCUT2D eigenvalue weighted by atomic mass is 9.88. The summed E-state index contributed by atoms with van der Waals surface area (Å²) in [5.74, 6) is -0.141. The molecule has 19 heavy (non-hydrogen) atoms. The van der Waals surface area contributed by atoms with Crippen molar-refractivity contribution in [2.24, 2.45) is 11.1 Å². The van der Waals surface area contributed by atoms with Crippen molar-refractivity contribution in [3.63, 3.8) is 0 Å². The highest BCUT2D eigenvalue weighted by atomic mass is 32.1. The predicted molar refractivity (Wildman–Crippen MR) is 82.5 cm³/mol. The average molecular weight is 282 g/mol. The Morgan fingerprint density at radius 3 is 2.58 bits per heavy atom. The van der Waals surface area contributed by atoms with Crippen molar-refractivity contribution >= 4 is 17.2 Å². The fourth-order valence-corrected chi connectivity index (χ4v) is 2.01. The van der Waals surface area contributed by atoms with Gasteiger partial charge in [0.05, 0.1) is 4.99 Å². The Morgan fingerprint density at radius 1 is 1.37 bits per heavy atom. The third kappa shape index (κ3) is 5.25. The highest BCUT2D eigenvalue weighted by molar-refractivity contribution is 7.80. The van der Waals surface area contributed by atoms with Crippen molar-refractivity contribution in [3.05, 3.63) is 35.6 Å². The van der Waals surface area contributed by atoms with E-state index in [4.69, 9.17) is 18.0 Å². The Labute approximate surface area is 120 Å². The van der Waals surface area contributed by atoms with E-state index in [1.54, 1.807) is 6.07 Å². The number of halogens is 1. The number of thiocarbonyl (C=S) groups is 1. The van der Waals surface area contributed by atoms with Crippen molar-refractivity contribution in [2.75, 3.05) is 13.6 Å². The van der Waals surface area contributed by atoms with E-state index in [1.807, 2.05) is 19.2 Å². The molecule has 0 saturated carbocycles. The van der Waals surface area contributed by atoms with Gasteiger partial charge >= 0.3 is 0 Å². The number of hydrogen-bond donors (Lipinski definition) is 1. The summed E-state index contributed by atoms with van der Waals surface area (Å²) in [5, 5.41) is 0. The van der Waals surface area contributed by atoms with E-state index in [2.05, 4.69) is 18.7 Å². The van der Waals surface area contributed by atoms with E-state index < -0.39 is 0 Å². The number of rotatable bonds is 7. The van der Waals surface area contributed by atoms with E-state index in [9.17, 15) is 4.39 Å². The van der Waals surface area contributed by atoms with Gasteiger partial charge in [0.25, 0.3) is 0 Å². The van der Waals surface area contributed by atoms with Gasteiger partial charge in [-0.15, -0.1) is 0 Å². The largest absolute Gasteiger partial charge is 0.393 e. The van der Waals surface area contributed by atoms with E-state index >= 15 is 0 Å². The second kappa shape index (κ2) is 6.96. The molecule has 106 valence electrons. The first kappa shape index (κ1) is 16.1. The van der Waals surface area contributed by atoms with Crippen molar-refractivity contribution in [2.45, 2.75) is 33.2 Å². The van der Waals surface area contributed by atoms with Gasteiger partial charge in [-0.25, -0.2) is 4.39 Å². The molecule has 0 aliphatic heterocycles. The summed E-state index contributed by atoms with van der Waals surface area (Å²) in [6.07, 6.45) is 1.94. The zero-order valence-corrected chi connectivity index (χ0v) is 12.8. The van der Waals surface area contributed by atoms with E-state index in [-0.39, 0.29) is 11.2 Å². The molecular formula is C15H23FN2S. The van der Waals surface area contributed by atoms with Crippen LogP contribution in [-0.2, 0) is 6.54 Å². The predicted octanol–water partition coefficient (Wildman–Crippen LogP) is 3.35. The molecule has 0 bridgehead atoms. The van der Waals surface area contributed by atoms with Gasteiger partial charge in [0.2, 0.25) is 0 Å². The van der Waals surface area contributed by atoms with Gasteiger partial charge in [-0.05, 0) is 32.5 Å². The molecule has 0 spiro atoms. The first-order chi connectivity index (χ1) is 8.83. The lowest BCUT2D eigenvalue weighted by molar-refractivity contribution is 0.297.